The van der Waals surface area contributed by atoms with Gasteiger partial charge in [-0.15, -0.1) is 11.3 Å². The smallest absolute Gasteiger partial charge is 0.240 e. The number of para-hydroxylation sites is 1. The maximum Gasteiger partial charge on any atom is 0.240 e. The van der Waals surface area contributed by atoms with Gasteiger partial charge in [0.1, 0.15) is 11.9 Å². The average Bonchev–Trinajstić information content (AvgIpc) is 4.14. The third-order valence-corrected chi connectivity index (χ3v) is 15.0. The molecule has 1 N–H and O–H groups in total. The molecule has 9 rings (SSSR count). The molecule has 0 bridgehead atoms. The number of hydrogen-bond acceptors (Lipinski definition) is 10. The lowest BCUT2D eigenvalue weighted by Crippen LogP contribution is -2.46. The van der Waals surface area contributed by atoms with Gasteiger partial charge in [0.15, 0.2) is 11.6 Å². The minimum absolute atomic E-state index is 0.113. The second-order valence-electron chi connectivity index (χ2n) is 16.6. The van der Waals surface area contributed by atoms with Gasteiger partial charge < -0.3 is 9.64 Å². The summed E-state index contributed by atoms with van der Waals surface area (Å²) in [6.07, 6.45) is 8.96. The van der Waals surface area contributed by atoms with E-state index in [1.807, 2.05) is 72.1 Å². The average molecular weight is 848 g/mol. The molecule has 4 heterocycles. The molecule has 2 aliphatic heterocycles. The number of hydrogen-bond donors (Lipinski definition) is 1. The van der Waals surface area contributed by atoms with Gasteiger partial charge in [-0.05, 0) is 80.8 Å². The van der Waals surface area contributed by atoms with Crippen LogP contribution < -0.4 is 9.46 Å². The van der Waals surface area contributed by atoms with Crippen molar-refractivity contribution < 1.29 is 31.9 Å². The number of Topliss-reactive ketones (excluding diaryl/α,β-unsaturated/α-hetero) is 1. The Morgan fingerprint density at radius 2 is 1.70 bits per heavy atom. The topological polar surface area (TPSA) is 149 Å². The Morgan fingerprint density at radius 3 is 2.50 bits per heavy atom. The first-order valence-corrected chi connectivity index (χ1v) is 23.2. The summed E-state index contributed by atoms with van der Waals surface area (Å²) < 4.78 is 48.7. The summed E-state index contributed by atoms with van der Waals surface area (Å²) in [5.74, 6) is -1.44. The summed E-state index contributed by atoms with van der Waals surface area (Å²) in [5.41, 5.74) is 1.75. The number of nitrogens with zero attached hydrogens (tertiary/aromatic N) is 4. The summed E-state index contributed by atoms with van der Waals surface area (Å²) in [6.45, 7) is 0.113. The standard InChI is InChI=1S/C46H46FN5O6S2/c47-33-19-17-29(18-20-33)38-28-59-41(48-38)23-31-13-5-2-1-3-8-14-32-25-46(32,45(55)51-60(56,57)35-21-22-35)26-40(53)39-24-34(27-52(39)44(31)54)58-43-36-15-9-10-16-37(36)49-42(50-43)30-11-6-4-7-12-30/h4,6-12,14-20,28,31-32,34-35,39H,1-3,5,13,21-27H2,(H,51,55)/b14-8-/t31-,32-,34-,39+,46-/m1/s1. The van der Waals surface area contributed by atoms with E-state index >= 15 is 4.79 Å². The van der Waals surface area contributed by atoms with Crippen molar-refractivity contribution in [1.82, 2.24) is 24.6 Å². The monoisotopic (exact) mass is 847 g/mol. The Bertz CT molecular complexity index is 2560. The zero-order valence-electron chi connectivity index (χ0n) is 33.0. The highest BCUT2D eigenvalue weighted by atomic mass is 32.2. The van der Waals surface area contributed by atoms with Crippen molar-refractivity contribution in [2.24, 2.45) is 17.3 Å². The molecule has 2 saturated carbocycles. The fraction of sp³-hybridized carbons (Fsp3) is 0.391. The van der Waals surface area contributed by atoms with Crippen LogP contribution >= 0.6 is 11.3 Å². The molecular formula is C46H46FN5O6S2. The second kappa shape index (κ2) is 16.6. The summed E-state index contributed by atoms with van der Waals surface area (Å²) in [6, 6.07) is 22.4. The molecule has 5 aromatic rings. The largest absolute Gasteiger partial charge is 0.472 e. The number of halogens is 1. The Labute approximate surface area is 352 Å². The van der Waals surface area contributed by atoms with Gasteiger partial charge in [-0.2, -0.15) is 4.98 Å². The predicted octanol–water partition coefficient (Wildman–Crippen LogP) is 7.86. The summed E-state index contributed by atoms with van der Waals surface area (Å²) in [4.78, 5) is 59.9. The van der Waals surface area contributed by atoms with Crippen LogP contribution in [0.1, 0.15) is 69.2 Å². The van der Waals surface area contributed by atoms with Gasteiger partial charge in [0, 0.05) is 41.7 Å². The fourth-order valence-corrected chi connectivity index (χ4v) is 11.0. The molecule has 0 spiro atoms. The number of nitrogens with one attached hydrogen (secondary N) is 1. The maximum atomic E-state index is 15.0. The number of ether oxygens (including phenoxy) is 1. The molecule has 5 atom stereocenters. The lowest BCUT2D eigenvalue weighted by atomic mass is 9.90. The molecule has 2 amide bonds. The molecule has 4 aliphatic rings. The number of carbonyl (C=O) groups excluding carboxylic acids is 3. The van der Waals surface area contributed by atoms with E-state index in [0.29, 0.717) is 60.4 Å². The molecule has 310 valence electrons. The van der Waals surface area contributed by atoms with Crippen molar-refractivity contribution in [2.45, 2.75) is 88.0 Å². The van der Waals surface area contributed by atoms with Crippen LogP contribution in [0.3, 0.4) is 0 Å². The Morgan fingerprint density at radius 1 is 0.917 bits per heavy atom. The number of thiazole rings is 1. The van der Waals surface area contributed by atoms with Gasteiger partial charge in [-0.1, -0.05) is 67.5 Å². The van der Waals surface area contributed by atoms with E-state index < -0.39 is 44.7 Å². The van der Waals surface area contributed by atoms with Crippen molar-refractivity contribution in [3.63, 3.8) is 0 Å². The lowest BCUT2D eigenvalue weighted by molar-refractivity contribution is -0.142. The number of sulfonamides is 1. The van der Waals surface area contributed by atoms with Gasteiger partial charge in [0.25, 0.3) is 0 Å². The summed E-state index contributed by atoms with van der Waals surface area (Å²) >= 11 is 1.45. The third kappa shape index (κ3) is 8.49. The van der Waals surface area contributed by atoms with Crippen LogP contribution in [0.5, 0.6) is 5.88 Å². The van der Waals surface area contributed by atoms with Crippen molar-refractivity contribution >= 4 is 49.9 Å². The van der Waals surface area contributed by atoms with Gasteiger partial charge in [0.05, 0.1) is 44.9 Å². The van der Waals surface area contributed by atoms with E-state index in [-0.39, 0.29) is 42.8 Å². The van der Waals surface area contributed by atoms with Crippen molar-refractivity contribution in [2.75, 3.05) is 6.54 Å². The van der Waals surface area contributed by atoms with E-state index in [1.165, 1.54) is 23.5 Å². The van der Waals surface area contributed by atoms with E-state index in [9.17, 15) is 22.4 Å². The summed E-state index contributed by atoms with van der Waals surface area (Å²) in [7, 11) is -3.85. The maximum absolute atomic E-state index is 15.0. The zero-order chi connectivity index (χ0) is 41.4. The normalized spacial score (nSPS) is 25.4. The van der Waals surface area contributed by atoms with Crippen molar-refractivity contribution in [3.8, 4) is 28.5 Å². The quantitative estimate of drug-likeness (QED) is 0.146. The second-order valence-corrected chi connectivity index (χ2v) is 19.5. The number of amides is 2. The lowest BCUT2D eigenvalue weighted by Gasteiger charge is -2.29. The number of benzene rings is 3. The van der Waals surface area contributed by atoms with E-state index in [0.717, 1.165) is 41.8 Å². The third-order valence-electron chi connectivity index (χ3n) is 12.3. The molecule has 1 saturated heterocycles. The van der Waals surface area contributed by atoms with E-state index in [2.05, 4.69) is 4.72 Å². The van der Waals surface area contributed by atoms with E-state index in [4.69, 9.17) is 19.7 Å². The van der Waals surface area contributed by atoms with Crippen LogP contribution in [0, 0.1) is 23.1 Å². The van der Waals surface area contributed by atoms with E-state index in [1.54, 1.807) is 17.0 Å². The summed E-state index contributed by atoms with van der Waals surface area (Å²) in [5, 5.41) is 2.77. The Kier molecular flexibility index (Phi) is 11.1. The molecule has 3 aromatic carbocycles. The Balaban J connectivity index is 1.04. The number of rotatable bonds is 9. The van der Waals surface area contributed by atoms with Crippen LogP contribution in [0.2, 0.25) is 0 Å². The Hall–Kier alpha value is -5.34. The highest BCUT2D eigenvalue weighted by Crippen LogP contribution is 2.57. The number of carbonyl (C=O) groups is 3. The highest BCUT2D eigenvalue weighted by Gasteiger charge is 2.61. The first-order valence-electron chi connectivity index (χ1n) is 20.8. The number of fused-ring (bicyclic) bond motifs is 3. The SMILES string of the molecule is O=C1C[C@]2(C(=O)NS(=O)(=O)C3CC3)C[C@H]2/C=C\CCCCC[C@H](Cc2nc(-c3ccc(F)cc3)cs2)C(=O)N2C[C@H](Oc3nc(-c4ccccc4)nc4ccccc34)C[C@@H]12. The predicted molar refractivity (Wildman–Crippen MR) is 227 cm³/mol. The number of ketones is 1. The first kappa shape index (κ1) is 40.1. The van der Waals surface area contributed by atoms with Crippen molar-refractivity contribution in [3.05, 3.63) is 107 Å². The van der Waals surface area contributed by atoms with Crippen LogP contribution in [0.15, 0.2) is 96.4 Å². The van der Waals surface area contributed by atoms with Gasteiger partial charge >= 0.3 is 0 Å². The molecule has 3 fully saturated rings. The van der Waals surface area contributed by atoms with Crippen LogP contribution in [0.25, 0.3) is 33.5 Å². The molecule has 0 unspecified atom stereocenters. The molecule has 60 heavy (non-hydrogen) atoms. The van der Waals surface area contributed by atoms with Gasteiger partial charge in [-0.25, -0.2) is 22.8 Å². The highest BCUT2D eigenvalue weighted by molar-refractivity contribution is 7.90. The van der Waals surface area contributed by atoms with Gasteiger partial charge in [-0.3, -0.25) is 19.1 Å². The minimum Gasteiger partial charge on any atom is -0.472 e. The number of aromatic nitrogens is 3. The molecule has 0 radical (unpaired) electrons. The molecular weight excluding hydrogens is 802 g/mol. The first-order chi connectivity index (χ1) is 29.1. The van der Waals surface area contributed by atoms with Crippen molar-refractivity contribution in [1.29, 1.82) is 0 Å². The minimum atomic E-state index is -3.85. The molecule has 11 nitrogen and oxygen atoms in total. The zero-order valence-corrected chi connectivity index (χ0v) is 34.7. The van der Waals surface area contributed by atoms with Crippen LogP contribution in [-0.2, 0) is 30.8 Å². The fourth-order valence-electron chi connectivity index (χ4n) is 8.70. The van der Waals surface area contributed by atoms with Crippen LogP contribution in [0.4, 0.5) is 4.39 Å². The van der Waals surface area contributed by atoms with Gasteiger partial charge in [0.2, 0.25) is 27.7 Å². The molecule has 14 heteroatoms. The molecule has 2 aliphatic carbocycles. The molecule has 2 aromatic heterocycles. The number of allylic oxidation sites excluding steroid dienone is 2. The van der Waals surface area contributed by atoms with Crippen LogP contribution in [-0.4, -0.2) is 69.8 Å².